The molecule has 0 radical (unpaired) electrons. The number of carbonyl (C=O) groups is 1. The summed E-state index contributed by atoms with van der Waals surface area (Å²) in [6, 6.07) is 0.302. The van der Waals surface area contributed by atoms with E-state index in [1.807, 2.05) is 4.68 Å². The molecule has 1 aliphatic heterocycles. The number of carbonyl (C=O) groups excluding carboxylic acids is 1. The van der Waals surface area contributed by atoms with Crippen LogP contribution in [0.5, 0.6) is 0 Å². The molecule has 0 N–H and O–H groups in total. The number of hydrogen-bond acceptors (Lipinski definition) is 3. The maximum absolute atomic E-state index is 12.9. The number of unbranched alkanes of at least 4 members (excludes halogenated alkanes) is 1. The third-order valence-corrected chi connectivity index (χ3v) is 5.68. The van der Waals surface area contributed by atoms with E-state index in [0.29, 0.717) is 11.9 Å². The van der Waals surface area contributed by atoms with Gasteiger partial charge in [0.1, 0.15) is 12.7 Å². The first-order valence-electron chi connectivity index (χ1n) is 9.40. The first-order chi connectivity index (χ1) is 11.3. The van der Waals surface area contributed by atoms with Gasteiger partial charge in [-0.25, -0.2) is 9.67 Å². The van der Waals surface area contributed by atoms with Gasteiger partial charge < -0.3 is 4.90 Å². The number of likely N-dealkylation sites (tertiary alicyclic amines) is 1. The number of amides is 1. The molecule has 1 saturated heterocycles. The first-order valence-corrected chi connectivity index (χ1v) is 9.40. The maximum Gasteiger partial charge on any atom is 0.225 e. The predicted octanol–water partition coefficient (Wildman–Crippen LogP) is 3.44. The van der Waals surface area contributed by atoms with Crippen LogP contribution in [-0.4, -0.2) is 38.7 Å². The summed E-state index contributed by atoms with van der Waals surface area (Å²) in [7, 11) is 0. The molecular weight excluding hydrogens is 288 g/mol. The molecule has 1 amide bonds. The molecule has 23 heavy (non-hydrogen) atoms. The standard InChI is InChI=1S/C18H30N4O/c1-2-3-5-15-7-9-16(10-8-15)18(23)21-11-4-6-17(12-21)22-14-19-13-20-22/h13-17H,2-12H2,1H3. The van der Waals surface area contributed by atoms with Crippen molar-refractivity contribution in [1.29, 1.82) is 0 Å². The second-order valence-electron chi connectivity index (χ2n) is 7.32. The molecule has 2 heterocycles. The van der Waals surface area contributed by atoms with Crippen molar-refractivity contribution < 1.29 is 4.79 Å². The summed E-state index contributed by atoms with van der Waals surface area (Å²) in [4.78, 5) is 19.0. The third kappa shape index (κ3) is 4.12. The summed E-state index contributed by atoms with van der Waals surface area (Å²) in [5.41, 5.74) is 0. The minimum atomic E-state index is 0.266. The van der Waals surface area contributed by atoms with Gasteiger partial charge in [0.05, 0.1) is 6.04 Å². The average molecular weight is 318 g/mol. The molecule has 128 valence electrons. The van der Waals surface area contributed by atoms with Gasteiger partial charge in [0, 0.05) is 19.0 Å². The van der Waals surface area contributed by atoms with Crippen LogP contribution in [0, 0.1) is 11.8 Å². The van der Waals surface area contributed by atoms with Crippen molar-refractivity contribution in [3.05, 3.63) is 12.7 Å². The van der Waals surface area contributed by atoms with Crippen molar-refractivity contribution in [1.82, 2.24) is 19.7 Å². The van der Waals surface area contributed by atoms with Gasteiger partial charge in [-0.2, -0.15) is 5.10 Å². The Morgan fingerprint density at radius 2 is 2.04 bits per heavy atom. The van der Waals surface area contributed by atoms with Crippen molar-refractivity contribution in [2.45, 2.75) is 70.8 Å². The number of nitrogens with zero attached hydrogens (tertiary/aromatic N) is 4. The molecule has 5 heteroatoms. The minimum Gasteiger partial charge on any atom is -0.340 e. The van der Waals surface area contributed by atoms with E-state index < -0.39 is 0 Å². The lowest BCUT2D eigenvalue weighted by atomic mass is 9.79. The molecular formula is C18H30N4O. The van der Waals surface area contributed by atoms with E-state index in [1.54, 1.807) is 12.7 Å². The quantitative estimate of drug-likeness (QED) is 0.835. The maximum atomic E-state index is 12.9. The Labute approximate surface area is 139 Å². The lowest BCUT2D eigenvalue weighted by Gasteiger charge is -2.36. The van der Waals surface area contributed by atoms with E-state index in [9.17, 15) is 4.79 Å². The number of rotatable bonds is 5. The minimum absolute atomic E-state index is 0.266. The van der Waals surface area contributed by atoms with Gasteiger partial charge in [0.15, 0.2) is 0 Å². The molecule has 1 saturated carbocycles. The molecule has 1 aromatic rings. The largest absolute Gasteiger partial charge is 0.340 e. The third-order valence-electron chi connectivity index (χ3n) is 5.68. The number of piperidine rings is 1. The van der Waals surface area contributed by atoms with Crippen LogP contribution >= 0.6 is 0 Å². The van der Waals surface area contributed by atoms with Gasteiger partial charge in [0.2, 0.25) is 5.91 Å². The fraction of sp³-hybridized carbons (Fsp3) is 0.833. The summed E-state index contributed by atoms with van der Waals surface area (Å²) in [5, 5.41) is 4.25. The highest BCUT2D eigenvalue weighted by Gasteiger charge is 2.32. The molecule has 1 atom stereocenters. The first kappa shape index (κ1) is 16.5. The Morgan fingerprint density at radius 3 is 2.74 bits per heavy atom. The lowest BCUT2D eigenvalue weighted by molar-refractivity contribution is -0.138. The average Bonchev–Trinajstić information content (AvgIpc) is 3.14. The molecule has 1 unspecified atom stereocenters. The fourth-order valence-corrected chi connectivity index (χ4v) is 4.23. The Hall–Kier alpha value is -1.39. The van der Waals surface area contributed by atoms with Crippen molar-refractivity contribution in [2.24, 2.45) is 11.8 Å². The zero-order valence-corrected chi connectivity index (χ0v) is 14.4. The number of hydrogen-bond donors (Lipinski definition) is 0. The topological polar surface area (TPSA) is 51.0 Å². The summed E-state index contributed by atoms with van der Waals surface area (Å²) in [6.07, 6.45) is 14.2. The van der Waals surface area contributed by atoms with Gasteiger partial charge in [-0.05, 0) is 44.4 Å². The van der Waals surface area contributed by atoms with Gasteiger partial charge >= 0.3 is 0 Å². The van der Waals surface area contributed by atoms with E-state index in [0.717, 1.165) is 44.7 Å². The Balaban J connectivity index is 1.50. The van der Waals surface area contributed by atoms with Crippen LogP contribution in [0.4, 0.5) is 0 Å². The SMILES string of the molecule is CCCCC1CCC(C(=O)N2CCCC(n3cncn3)C2)CC1. The zero-order chi connectivity index (χ0) is 16.1. The zero-order valence-electron chi connectivity index (χ0n) is 14.4. The highest BCUT2D eigenvalue weighted by Crippen LogP contribution is 2.34. The van der Waals surface area contributed by atoms with Gasteiger partial charge in [0.25, 0.3) is 0 Å². The van der Waals surface area contributed by atoms with Crippen molar-refractivity contribution in [3.63, 3.8) is 0 Å². The Kier molecular flexibility index (Phi) is 5.68. The molecule has 0 spiro atoms. The van der Waals surface area contributed by atoms with Crippen LogP contribution in [0.25, 0.3) is 0 Å². The van der Waals surface area contributed by atoms with E-state index >= 15 is 0 Å². The van der Waals surface area contributed by atoms with Crippen LogP contribution < -0.4 is 0 Å². The second-order valence-corrected chi connectivity index (χ2v) is 7.32. The van der Waals surface area contributed by atoms with Crippen LogP contribution in [-0.2, 0) is 4.79 Å². The van der Waals surface area contributed by atoms with Gasteiger partial charge in [-0.1, -0.05) is 26.2 Å². The van der Waals surface area contributed by atoms with E-state index in [4.69, 9.17) is 0 Å². The Bertz CT molecular complexity index is 479. The molecule has 1 aliphatic carbocycles. The smallest absolute Gasteiger partial charge is 0.225 e. The Morgan fingerprint density at radius 1 is 1.22 bits per heavy atom. The van der Waals surface area contributed by atoms with Crippen LogP contribution in [0.15, 0.2) is 12.7 Å². The van der Waals surface area contributed by atoms with Crippen LogP contribution in [0.1, 0.15) is 70.8 Å². The summed E-state index contributed by atoms with van der Waals surface area (Å²) >= 11 is 0. The second kappa shape index (κ2) is 7.93. The molecule has 2 aliphatic rings. The predicted molar refractivity (Wildman–Crippen MR) is 89.8 cm³/mol. The highest BCUT2D eigenvalue weighted by molar-refractivity contribution is 5.79. The molecule has 0 aromatic carbocycles. The van der Waals surface area contributed by atoms with Crippen LogP contribution in [0.3, 0.4) is 0 Å². The highest BCUT2D eigenvalue weighted by atomic mass is 16.2. The van der Waals surface area contributed by atoms with Gasteiger partial charge in [-0.3, -0.25) is 4.79 Å². The van der Waals surface area contributed by atoms with E-state index in [1.165, 1.54) is 32.1 Å². The van der Waals surface area contributed by atoms with Gasteiger partial charge in [-0.15, -0.1) is 0 Å². The van der Waals surface area contributed by atoms with E-state index in [-0.39, 0.29) is 5.92 Å². The lowest BCUT2D eigenvalue weighted by Crippen LogP contribution is -2.44. The summed E-state index contributed by atoms with van der Waals surface area (Å²) < 4.78 is 1.92. The van der Waals surface area contributed by atoms with E-state index in [2.05, 4.69) is 21.9 Å². The normalized spacial score (nSPS) is 28.7. The molecule has 2 fully saturated rings. The van der Waals surface area contributed by atoms with Crippen LogP contribution in [0.2, 0.25) is 0 Å². The molecule has 5 nitrogen and oxygen atoms in total. The van der Waals surface area contributed by atoms with Crippen molar-refractivity contribution in [2.75, 3.05) is 13.1 Å². The van der Waals surface area contributed by atoms with Crippen molar-refractivity contribution >= 4 is 5.91 Å². The fourth-order valence-electron chi connectivity index (χ4n) is 4.23. The summed E-state index contributed by atoms with van der Waals surface area (Å²) in [6.45, 7) is 3.98. The molecule has 1 aromatic heterocycles. The van der Waals surface area contributed by atoms with Crippen molar-refractivity contribution in [3.8, 4) is 0 Å². The summed E-state index contributed by atoms with van der Waals surface area (Å²) in [5.74, 6) is 1.52. The molecule has 3 rings (SSSR count). The number of aromatic nitrogens is 3. The molecule has 0 bridgehead atoms. The monoisotopic (exact) mass is 318 g/mol.